The maximum atomic E-state index is 13.0. The highest BCUT2D eigenvalue weighted by molar-refractivity contribution is 6.04. The number of nitrogens with two attached hydrogens (primary N) is 1. The molecule has 0 spiro atoms. The number of nitrogen functional groups attached to an aromatic ring is 1. The van der Waals surface area contributed by atoms with Crippen molar-refractivity contribution in [1.29, 1.82) is 0 Å². The van der Waals surface area contributed by atoms with Crippen molar-refractivity contribution in [3.63, 3.8) is 0 Å². The summed E-state index contributed by atoms with van der Waals surface area (Å²) in [7, 11) is 0. The number of benzene rings is 1. The molecule has 3 aromatic heterocycles. The zero-order valence-corrected chi connectivity index (χ0v) is 22.7. The van der Waals surface area contributed by atoms with Crippen LogP contribution in [0.15, 0.2) is 55.0 Å². The number of rotatable bonds is 4. The lowest BCUT2D eigenvalue weighted by Crippen LogP contribution is -2.30. The van der Waals surface area contributed by atoms with E-state index < -0.39 is 17.6 Å². The van der Waals surface area contributed by atoms with Crippen LogP contribution >= 0.6 is 0 Å². The van der Waals surface area contributed by atoms with Crippen molar-refractivity contribution in [3.8, 4) is 23.1 Å². The van der Waals surface area contributed by atoms with E-state index in [4.69, 9.17) is 10.7 Å². The molecule has 12 heteroatoms. The third-order valence-corrected chi connectivity index (χ3v) is 6.40. The van der Waals surface area contributed by atoms with Gasteiger partial charge in [0.15, 0.2) is 0 Å². The first-order chi connectivity index (χ1) is 19.7. The second-order valence-electron chi connectivity index (χ2n) is 8.84. The molecule has 4 aromatic rings. The Morgan fingerprint density at radius 1 is 1.10 bits per heavy atom. The van der Waals surface area contributed by atoms with Gasteiger partial charge in [0.1, 0.15) is 28.7 Å². The molecule has 1 aromatic carbocycles. The van der Waals surface area contributed by atoms with Crippen molar-refractivity contribution in [1.82, 2.24) is 24.3 Å². The first-order valence-corrected chi connectivity index (χ1v) is 13.0. The number of aromatic nitrogens is 4. The fraction of sp³-hybridized carbons (Fsp3) is 0.276. The molecule has 212 valence electrons. The summed E-state index contributed by atoms with van der Waals surface area (Å²) >= 11 is 0. The van der Waals surface area contributed by atoms with Crippen LogP contribution in [0.3, 0.4) is 0 Å². The van der Waals surface area contributed by atoms with E-state index in [9.17, 15) is 22.8 Å². The van der Waals surface area contributed by atoms with Gasteiger partial charge in [0.25, 0.3) is 11.8 Å². The molecule has 0 radical (unpaired) electrons. The lowest BCUT2D eigenvalue weighted by atomic mass is 10.1. The molecule has 0 bridgehead atoms. The van der Waals surface area contributed by atoms with Crippen molar-refractivity contribution in [2.75, 3.05) is 17.6 Å². The Hall–Kier alpha value is -4.92. The SMILES string of the molecule is CC.CC#CC(=O)N1CCC[C@H]1c1nc(-c2ccc(C(=O)Nc3cc(C(F)(F)F)ccn3)cc2)c2c(N)nccn12. The van der Waals surface area contributed by atoms with Gasteiger partial charge in [-0.05, 0) is 50.0 Å². The molecule has 2 amide bonds. The number of fused-ring (bicyclic) bond motifs is 1. The molecule has 0 unspecified atom stereocenters. The van der Waals surface area contributed by atoms with Crippen LogP contribution in [0.25, 0.3) is 16.8 Å². The van der Waals surface area contributed by atoms with E-state index >= 15 is 0 Å². The average molecular weight is 564 g/mol. The molecule has 5 rings (SSSR count). The van der Waals surface area contributed by atoms with Crippen molar-refractivity contribution in [2.24, 2.45) is 0 Å². The van der Waals surface area contributed by atoms with Crippen molar-refractivity contribution in [3.05, 3.63) is 71.9 Å². The van der Waals surface area contributed by atoms with Crippen LogP contribution in [0.4, 0.5) is 24.8 Å². The number of amides is 2. The number of hydrogen-bond acceptors (Lipinski definition) is 6. The van der Waals surface area contributed by atoms with E-state index in [0.29, 0.717) is 35.6 Å². The zero-order valence-electron chi connectivity index (χ0n) is 22.7. The number of halogens is 3. The van der Waals surface area contributed by atoms with Gasteiger partial charge >= 0.3 is 6.18 Å². The van der Waals surface area contributed by atoms with Gasteiger partial charge in [-0.1, -0.05) is 31.9 Å². The lowest BCUT2D eigenvalue weighted by molar-refractivity contribution is -0.137. The van der Waals surface area contributed by atoms with E-state index in [1.54, 1.807) is 36.4 Å². The van der Waals surface area contributed by atoms with Crippen LogP contribution in [0.5, 0.6) is 0 Å². The van der Waals surface area contributed by atoms with Crippen molar-refractivity contribution in [2.45, 2.75) is 45.8 Å². The van der Waals surface area contributed by atoms with Crippen LogP contribution < -0.4 is 11.1 Å². The molecule has 9 nitrogen and oxygen atoms in total. The maximum absolute atomic E-state index is 13.0. The summed E-state index contributed by atoms with van der Waals surface area (Å²) in [6, 6.07) is 7.67. The Kier molecular flexibility index (Phi) is 8.56. The van der Waals surface area contributed by atoms with E-state index in [1.165, 1.54) is 12.1 Å². The Balaban J connectivity index is 0.00000189. The van der Waals surface area contributed by atoms with Gasteiger partial charge in [0.05, 0.1) is 11.6 Å². The van der Waals surface area contributed by atoms with Crippen molar-refractivity contribution >= 4 is 29.0 Å². The van der Waals surface area contributed by atoms with Crippen LogP contribution in [-0.4, -0.2) is 42.6 Å². The Morgan fingerprint density at radius 3 is 2.51 bits per heavy atom. The molecule has 4 heterocycles. The number of anilines is 2. The normalized spacial score (nSPS) is 14.6. The number of carbonyl (C=O) groups excluding carboxylic acids is 2. The smallest absolute Gasteiger partial charge is 0.382 e. The van der Waals surface area contributed by atoms with Crippen molar-refractivity contribution < 1.29 is 22.8 Å². The Labute approximate surface area is 234 Å². The molecular weight excluding hydrogens is 535 g/mol. The first-order valence-electron chi connectivity index (χ1n) is 13.0. The number of nitrogens with one attached hydrogen (secondary N) is 1. The summed E-state index contributed by atoms with van der Waals surface area (Å²) in [6.45, 7) is 6.17. The molecular formula is C29H28F3N7O2. The van der Waals surface area contributed by atoms with Gasteiger partial charge in [0.2, 0.25) is 0 Å². The minimum absolute atomic E-state index is 0.207. The molecule has 1 aliphatic heterocycles. The third-order valence-electron chi connectivity index (χ3n) is 6.40. The molecule has 1 fully saturated rings. The highest BCUT2D eigenvalue weighted by atomic mass is 19.4. The molecule has 1 aliphatic rings. The van der Waals surface area contributed by atoms with Crippen LogP contribution in [0, 0.1) is 11.8 Å². The van der Waals surface area contributed by atoms with Gasteiger partial charge in [0, 0.05) is 36.3 Å². The summed E-state index contributed by atoms with van der Waals surface area (Å²) in [4.78, 5) is 39.8. The number of hydrogen-bond donors (Lipinski definition) is 2. The van der Waals surface area contributed by atoms with E-state index in [-0.39, 0.29) is 29.1 Å². The fourth-order valence-corrected chi connectivity index (χ4v) is 4.62. The quantitative estimate of drug-likeness (QED) is 0.323. The van der Waals surface area contributed by atoms with Crippen LogP contribution in [0.2, 0.25) is 0 Å². The predicted molar refractivity (Wildman–Crippen MR) is 149 cm³/mol. The maximum Gasteiger partial charge on any atom is 0.416 e. The average Bonchev–Trinajstić information content (AvgIpc) is 3.60. The third kappa shape index (κ3) is 5.99. The number of likely N-dealkylation sites (tertiary alicyclic amines) is 1. The molecule has 41 heavy (non-hydrogen) atoms. The fourth-order valence-electron chi connectivity index (χ4n) is 4.62. The van der Waals surface area contributed by atoms with Crippen LogP contribution in [-0.2, 0) is 11.0 Å². The van der Waals surface area contributed by atoms with Crippen LogP contribution in [0.1, 0.15) is 61.4 Å². The number of alkyl halides is 3. The summed E-state index contributed by atoms with van der Waals surface area (Å²) in [5, 5.41) is 2.39. The molecule has 0 saturated carbocycles. The second-order valence-corrected chi connectivity index (χ2v) is 8.84. The molecule has 3 N–H and O–H groups in total. The number of carbonyl (C=O) groups is 2. The van der Waals surface area contributed by atoms with Gasteiger partial charge in [-0.2, -0.15) is 13.2 Å². The van der Waals surface area contributed by atoms with E-state index in [0.717, 1.165) is 24.8 Å². The predicted octanol–water partition coefficient (Wildman–Crippen LogP) is 5.36. The largest absolute Gasteiger partial charge is 0.416 e. The highest BCUT2D eigenvalue weighted by Crippen LogP contribution is 2.36. The summed E-state index contributed by atoms with van der Waals surface area (Å²) in [5.41, 5.74) is 7.23. The topological polar surface area (TPSA) is 119 Å². The number of nitrogens with zero attached hydrogens (tertiary/aromatic N) is 5. The number of pyridine rings is 1. The van der Waals surface area contributed by atoms with Gasteiger partial charge in [-0.3, -0.25) is 14.0 Å². The first kappa shape index (κ1) is 29.1. The number of imidazole rings is 1. The standard InChI is InChI=1S/C27H22F3N7O2.C2H6/c1-2-4-21(38)36-13-3-5-19(36)25-35-22(23-24(31)33-12-14-37(23)25)16-6-8-17(9-7-16)26(39)34-20-15-18(10-11-32-20)27(28,29)30;1-2/h6-12,14-15,19H,3,5,13H2,1H3,(H2,31,33)(H,32,34,39);1-2H3/t19-;/m0./s1. The van der Waals surface area contributed by atoms with Gasteiger partial charge in [-0.25, -0.2) is 15.0 Å². The summed E-state index contributed by atoms with van der Waals surface area (Å²) < 4.78 is 40.8. The van der Waals surface area contributed by atoms with E-state index in [2.05, 4.69) is 27.1 Å². The molecule has 1 atom stereocenters. The van der Waals surface area contributed by atoms with E-state index in [1.807, 2.05) is 18.2 Å². The Bertz CT molecular complexity index is 1640. The monoisotopic (exact) mass is 563 g/mol. The minimum atomic E-state index is -4.56. The van der Waals surface area contributed by atoms with Gasteiger partial charge < -0.3 is 16.0 Å². The van der Waals surface area contributed by atoms with Gasteiger partial charge in [-0.15, -0.1) is 0 Å². The molecule has 1 saturated heterocycles. The highest BCUT2D eigenvalue weighted by Gasteiger charge is 2.34. The summed E-state index contributed by atoms with van der Waals surface area (Å²) in [6.07, 6.45) is 1.22. The lowest BCUT2D eigenvalue weighted by Gasteiger charge is -2.21. The summed E-state index contributed by atoms with van der Waals surface area (Å²) in [5.74, 6) is 4.99. The second kappa shape index (κ2) is 12.1. The zero-order chi connectivity index (χ0) is 29.7. The minimum Gasteiger partial charge on any atom is -0.382 e. The molecule has 0 aliphatic carbocycles. The Morgan fingerprint density at radius 2 is 1.83 bits per heavy atom.